The van der Waals surface area contributed by atoms with Gasteiger partial charge in [0, 0.05) is 31.5 Å². The number of amides is 1. The van der Waals surface area contributed by atoms with E-state index in [1.807, 2.05) is 36.4 Å². The third kappa shape index (κ3) is 4.81. The van der Waals surface area contributed by atoms with Gasteiger partial charge in [-0.05, 0) is 30.3 Å². The average Bonchev–Trinajstić information content (AvgIpc) is 3.49. The van der Waals surface area contributed by atoms with Gasteiger partial charge < -0.3 is 19.2 Å². The van der Waals surface area contributed by atoms with E-state index in [-0.39, 0.29) is 12.5 Å². The quantitative estimate of drug-likeness (QED) is 0.419. The van der Waals surface area contributed by atoms with Crippen molar-refractivity contribution in [2.24, 2.45) is 0 Å². The molecule has 8 heteroatoms. The Kier molecular flexibility index (Phi) is 6.39. The minimum Gasteiger partial charge on any atom is -0.475 e. The van der Waals surface area contributed by atoms with Gasteiger partial charge in [0.2, 0.25) is 5.88 Å². The lowest BCUT2D eigenvalue weighted by atomic mass is 10.2. The molecule has 1 aromatic carbocycles. The van der Waals surface area contributed by atoms with Crippen LogP contribution in [-0.2, 0) is 11.3 Å². The van der Waals surface area contributed by atoms with Gasteiger partial charge in [-0.1, -0.05) is 24.3 Å². The molecule has 1 amide bonds. The first-order chi connectivity index (χ1) is 15.3. The van der Waals surface area contributed by atoms with E-state index in [4.69, 9.17) is 13.9 Å². The highest BCUT2D eigenvalue weighted by Crippen LogP contribution is 2.22. The van der Waals surface area contributed by atoms with Crippen molar-refractivity contribution in [2.45, 2.75) is 6.54 Å². The molecule has 3 aromatic heterocycles. The van der Waals surface area contributed by atoms with Crippen molar-refractivity contribution in [1.29, 1.82) is 0 Å². The maximum absolute atomic E-state index is 13.1. The van der Waals surface area contributed by atoms with Gasteiger partial charge in [-0.3, -0.25) is 4.79 Å². The Bertz CT molecular complexity index is 1120. The van der Waals surface area contributed by atoms with Gasteiger partial charge in [-0.25, -0.2) is 9.67 Å². The molecule has 0 aliphatic heterocycles. The van der Waals surface area contributed by atoms with Gasteiger partial charge in [-0.2, -0.15) is 5.10 Å². The van der Waals surface area contributed by atoms with E-state index in [2.05, 4.69) is 15.4 Å². The van der Waals surface area contributed by atoms with E-state index in [0.29, 0.717) is 36.2 Å². The van der Waals surface area contributed by atoms with Gasteiger partial charge >= 0.3 is 0 Å². The molecule has 0 aliphatic rings. The van der Waals surface area contributed by atoms with Crippen LogP contribution in [0.5, 0.6) is 5.88 Å². The summed E-state index contributed by atoms with van der Waals surface area (Å²) in [5, 5.41) is 7.51. The summed E-state index contributed by atoms with van der Waals surface area (Å²) in [5.74, 6) is 0.776. The summed E-state index contributed by atoms with van der Waals surface area (Å²) < 4.78 is 17.7. The van der Waals surface area contributed by atoms with E-state index in [9.17, 15) is 4.79 Å². The summed E-state index contributed by atoms with van der Waals surface area (Å²) in [6.07, 6.45) is 3.22. The molecule has 0 unspecified atom stereocenters. The number of furan rings is 1. The van der Waals surface area contributed by atoms with Crippen LogP contribution in [0.15, 0.2) is 77.5 Å². The minimum absolute atomic E-state index is 0.255. The number of ether oxygens (including phenoxy) is 2. The van der Waals surface area contributed by atoms with Crippen LogP contribution in [0, 0.1) is 0 Å². The fourth-order valence-corrected chi connectivity index (χ4v) is 3.03. The predicted molar refractivity (Wildman–Crippen MR) is 114 cm³/mol. The summed E-state index contributed by atoms with van der Waals surface area (Å²) in [4.78, 5) is 17.3. The van der Waals surface area contributed by atoms with Crippen molar-refractivity contribution in [3.63, 3.8) is 0 Å². The molecule has 3 heterocycles. The van der Waals surface area contributed by atoms with E-state index in [1.165, 1.54) is 0 Å². The normalized spacial score (nSPS) is 10.7. The largest absolute Gasteiger partial charge is 0.475 e. The summed E-state index contributed by atoms with van der Waals surface area (Å²) in [7, 11) is 1.61. The number of hydrogen-bond donors (Lipinski definition) is 1. The Morgan fingerprint density at radius 2 is 1.97 bits per heavy atom. The molecule has 0 saturated carbocycles. The number of methoxy groups -OCH3 is 1. The smallest absolute Gasteiger partial charge is 0.270 e. The van der Waals surface area contributed by atoms with Crippen molar-refractivity contribution in [2.75, 3.05) is 20.3 Å². The van der Waals surface area contributed by atoms with Crippen molar-refractivity contribution in [3.05, 3.63) is 84.4 Å². The first-order valence-corrected chi connectivity index (χ1v) is 9.79. The van der Waals surface area contributed by atoms with E-state index in [0.717, 1.165) is 11.3 Å². The topological polar surface area (TPSA) is 91.4 Å². The van der Waals surface area contributed by atoms with Crippen molar-refractivity contribution >= 4 is 5.91 Å². The molecule has 4 rings (SSSR count). The van der Waals surface area contributed by atoms with Crippen LogP contribution in [0.3, 0.4) is 0 Å². The summed E-state index contributed by atoms with van der Waals surface area (Å²) in [6.45, 7) is 1.08. The number of nitrogens with zero attached hydrogens (tertiary/aromatic N) is 3. The molecular formula is C23H22N4O4. The molecule has 8 nitrogen and oxygen atoms in total. The second-order valence-corrected chi connectivity index (χ2v) is 6.63. The van der Waals surface area contributed by atoms with Crippen LogP contribution in [-0.4, -0.2) is 41.0 Å². The Labute approximate surface area is 179 Å². The molecule has 1 N–H and O–H groups in total. The Hall–Kier alpha value is -3.91. The van der Waals surface area contributed by atoms with Gasteiger partial charge in [0.25, 0.3) is 5.91 Å². The summed E-state index contributed by atoms with van der Waals surface area (Å²) >= 11 is 0. The van der Waals surface area contributed by atoms with Crippen molar-refractivity contribution < 1.29 is 18.7 Å². The highest BCUT2D eigenvalue weighted by Gasteiger charge is 2.19. The van der Waals surface area contributed by atoms with E-state index >= 15 is 0 Å². The van der Waals surface area contributed by atoms with E-state index in [1.54, 1.807) is 48.5 Å². The Balaban J connectivity index is 1.56. The van der Waals surface area contributed by atoms with Crippen LogP contribution in [0.2, 0.25) is 0 Å². The van der Waals surface area contributed by atoms with Crippen molar-refractivity contribution in [3.8, 4) is 23.0 Å². The number of aromatic nitrogens is 3. The van der Waals surface area contributed by atoms with Crippen LogP contribution < -0.4 is 10.1 Å². The number of nitrogens with one attached hydrogen (secondary N) is 1. The SMILES string of the molecule is COCCOc1ncccc1CNC(=O)c1cc(-c2ccco2)nn1-c1ccccc1. The number of carbonyl (C=O) groups is 1. The lowest BCUT2D eigenvalue weighted by Gasteiger charge is -2.11. The highest BCUT2D eigenvalue weighted by atomic mass is 16.5. The van der Waals surface area contributed by atoms with Crippen LogP contribution in [0.25, 0.3) is 17.1 Å². The zero-order valence-corrected chi connectivity index (χ0v) is 17.0. The van der Waals surface area contributed by atoms with Crippen LogP contribution in [0.1, 0.15) is 16.1 Å². The standard InChI is InChI=1S/C23H22N4O4/c1-29-13-14-31-23-17(7-5-11-24-23)16-25-22(28)20-15-19(21-10-6-12-30-21)26-27(20)18-8-3-2-4-9-18/h2-12,15H,13-14,16H2,1H3,(H,25,28). The van der Waals surface area contributed by atoms with Crippen LogP contribution >= 0.6 is 0 Å². The number of para-hydroxylation sites is 1. The molecule has 0 atom stereocenters. The Morgan fingerprint density at radius 1 is 1.10 bits per heavy atom. The monoisotopic (exact) mass is 418 g/mol. The summed E-state index contributed by atoms with van der Waals surface area (Å²) in [6, 6.07) is 18.4. The van der Waals surface area contributed by atoms with Gasteiger partial charge in [0.1, 0.15) is 18.0 Å². The number of pyridine rings is 1. The third-order valence-electron chi connectivity index (χ3n) is 4.53. The van der Waals surface area contributed by atoms with Gasteiger partial charge in [-0.15, -0.1) is 0 Å². The molecule has 158 valence electrons. The first-order valence-electron chi connectivity index (χ1n) is 9.79. The fraction of sp³-hybridized carbons (Fsp3) is 0.174. The number of carbonyl (C=O) groups excluding carboxylic acids is 1. The van der Waals surface area contributed by atoms with Gasteiger partial charge in [0.05, 0.1) is 18.6 Å². The molecule has 0 bridgehead atoms. The predicted octanol–water partition coefficient (Wildman–Crippen LogP) is 3.48. The fourth-order valence-electron chi connectivity index (χ4n) is 3.03. The van der Waals surface area contributed by atoms with E-state index < -0.39 is 0 Å². The lowest BCUT2D eigenvalue weighted by molar-refractivity contribution is 0.0942. The number of rotatable bonds is 9. The molecular weight excluding hydrogens is 396 g/mol. The van der Waals surface area contributed by atoms with Gasteiger partial charge in [0.15, 0.2) is 5.76 Å². The minimum atomic E-state index is -0.277. The second kappa shape index (κ2) is 9.73. The summed E-state index contributed by atoms with van der Waals surface area (Å²) in [5.41, 5.74) is 2.51. The lowest BCUT2D eigenvalue weighted by Crippen LogP contribution is -2.26. The third-order valence-corrected chi connectivity index (χ3v) is 4.53. The molecule has 0 spiro atoms. The number of benzene rings is 1. The maximum Gasteiger partial charge on any atom is 0.270 e. The molecule has 4 aromatic rings. The molecule has 0 saturated heterocycles. The molecule has 31 heavy (non-hydrogen) atoms. The van der Waals surface area contributed by atoms with Crippen molar-refractivity contribution in [1.82, 2.24) is 20.1 Å². The number of hydrogen-bond acceptors (Lipinski definition) is 6. The molecule has 0 aliphatic carbocycles. The zero-order valence-electron chi connectivity index (χ0n) is 17.0. The molecule has 0 fully saturated rings. The highest BCUT2D eigenvalue weighted by molar-refractivity contribution is 5.94. The first kappa shape index (κ1) is 20.4. The second-order valence-electron chi connectivity index (χ2n) is 6.63. The Morgan fingerprint density at radius 3 is 2.74 bits per heavy atom. The molecule has 0 radical (unpaired) electrons. The zero-order chi connectivity index (χ0) is 21.5. The average molecular weight is 418 g/mol. The maximum atomic E-state index is 13.1. The van der Waals surface area contributed by atoms with Crippen LogP contribution in [0.4, 0.5) is 0 Å².